The molecule has 0 radical (unpaired) electrons. The number of hydrogen-bond acceptors (Lipinski definition) is 3. The van der Waals surface area contributed by atoms with Gasteiger partial charge in [0.2, 0.25) is 0 Å². The number of thioether (sulfide) groups is 1. The Morgan fingerprint density at radius 2 is 2.19 bits per heavy atom. The van der Waals surface area contributed by atoms with Crippen molar-refractivity contribution < 1.29 is 0 Å². The Bertz CT molecular complexity index is 473. The Morgan fingerprint density at radius 1 is 1.38 bits per heavy atom. The molecule has 84 valence electrons. The summed E-state index contributed by atoms with van der Waals surface area (Å²) in [5, 5.41) is 3.14. The topological polar surface area (TPSA) is 12.9 Å². The molecule has 0 aliphatic heterocycles. The predicted octanol–water partition coefficient (Wildman–Crippen LogP) is 4.94. The van der Waals surface area contributed by atoms with Gasteiger partial charge in [0.05, 0.1) is 17.3 Å². The van der Waals surface area contributed by atoms with Crippen molar-refractivity contribution in [3.8, 4) is 0 Å². The molecule has 0 bridgehead atoms. The van der Waals surface area contributed by atoms with Crippen LogP contribution in [0.3, 0.4) is 0 Å². The number of alkyl halides is 1. The Kier molecular flexibility index (Phi) is 4.70. The van der Waals surface area contributed by atoms with Gasteiger partial charge in [0, 0.05) is 14.7 Å². The summed E-state index contributed by atoms with van der Waals surface area (Å²) in [7, 11) is 0. The van der Waals surface area contributed by atoms with Crippen molar-refractivity contribution in [2.75, 3.05) is 0 Å². The third-order valence-electron chi connectivity index (χ3n) is 1.92. The monoisotopic (exact) mass is 333 g/mol. The van der Waals surface area contributed by atoms with Crippen molar-refractivity contribution >= 4 is 50.6 Å². The van der Waals surface area contributed by atoms with Crippen molar-refractivity contribution in [1.82, 2.24) is 4.98 Å². The number of aromatic nitrogens is 1. The molecular weight excluding hydrogens is 326 g/mol. The second-order valence-corrected chi connectivity index (χ2v) is 6.17. The first-order chi connectivity index (χ1) is 7.79. The van der Waals surface area contributed by atoms with Crippen molar-refractivity contribution in [2.24, 2.45) is 0 Å². The van der Waals surface area contributed by atoms with Crippen LogP contribution in [0.1, 0.15) is 10.7 Å². The first-order valence-electron chi connectivity index (χ1n) is 4.66. The lowest BCUT2D eigenvalue weighted by Gasteiger charge is -2.01. The van der Waals surface area contributed by atoms with Crippen LogP contribution in [-0.4, -0.2) is 4.98 Å². The normalized spacial score (nSPS) is 10.6. The van der Waals surface area contributed by atoms with Gasteiger partial charge in [0.15, 0.2) is 0 Å². The standard InChI is InChI=1S/C11H9BrClNS2/c12-9-3-1-2-4-10(9)15-7-11-14-8(5-13)6-16-11/h1-4,6H,5,7H2. The Hall–Kier alpha value is -0.0300. The van der Waals surface area contributed by atoms with E-state index < -0.39 is 0 Å². The van der Waals surface area contributed by atoms with Gasteiger partial charge >= 0.3 is 0 Å². The molecule has 2 rings (SSSR count). The highest BCUT2D eigenvalue weighted by Crippen LogP contribution is 2.30. The first-order valence-corrected chi connectivity index (χ1v) is 7.85. The maximum absolute atomic E-state index is 5.71. The lowest BCUT2D eigenvalue weighted by atomic mass is 10.4. The molecule has 0 saturated carbocycles. The van der Waals surface area contributed by atoms with E-state index in [1.807, 2.05) is 23.6 Å². The molecule has 0 aliphatic carbocycles. The average molecular weight is 335 g/mol. The summed E-state index contributed by atoms with van der Waals surface area (Å²) in [6.45, 7) is 0. The summed E-state index contributed by atoms with van der Waals surface area (Å²) in [6.07, 6.45) is 0. The van der Waals surface area contributed by atoms with E-state index in [-0.39, 0.29) is 0 Å². The van der Waals surface area contributed by atoms with Gasteiger partial charge in [-0.05, 0) is 28.1 Å². The molecule has 5 heteroatoms. The van der Waals surface area contributed by atoms with E-state index >= 15 is 0 Å². The molecule has 1 nitrogen and oxygen atoms in total. The lowest BCUT2D eigenvalue weighted by Crippen LogP contribution is -1.82. The summed E-state index contributed by atoms with van der Waals surface area (Å²) in [5.41, 5.74) is 0.967. The highest BCUT2D eigenvalue weighted by molar-refractivity contribution is 9.10. The lowest BCUT2D eigenvalue weighted by molar-refractivity contribution is 1.16. The number of benzene rings is 1. The van der Waals surface area contributed by atoms with Gasteiger partial charge in [-0.3, -0.25) is 0 Å². The third kappa shape index (κ3) is 3.23. The van der Waals surface area contributed by atoms with E-state index in [0.29, 0.717) is 5.88 Å². The van der Waals surface area contributed by atoms with Gasteiger partial charge in [-0.2, -0.15) is 0 Å². The van der Waals surface area contributed by atoms with E-state index in [1.54, 1.807) is 23.1 Å². The number of hydrogen-bond donors (Lipinski definition) is 0. The maximum Gasteiger partial charge on any atom is 0.103 e. The quantitative estimate of drug-likeness (QED) is 0.580. The van der Waals surface area contributed by atoms with E-state index in [2.05, 4.69) is 27.0 Å². The molecule has 0 fully saturated rings. The molecule has 2 aromatic rings. The Morgan fingerprint density at radius 3 is 2.88 bits per heavy atom. The highest BCUT2D eigenvalue weighted by Gasteiger charge is 2.04. The van der Waals surface area contributed by atoms with Crippen LogP contribution in [0.15, 0.2) is 39.0 Å². The summed E-state index contributed by atoms with van der Waals surface area (Å²) < 4.78 is 1.13. The average Bonchev–Trinajstić information content (AvgIpc) is 2.76. The number of thiazole rings is 1. The minimum atomic E-state index is 0.496. The first kappa shape index (κ1) is 12.4. The number of nitrogens with zero attached hydrogens (tertiary/aromatic N) is 1. The second kappa shape index (κ2) is 6.05. The van der Waals surface area contributed by atoms with Crippen LogP contribution in [0.25, 0.3) is 0 Å². The van der Waals surface area contributed by atoms with Crippen LogP contribution in [-0.2, 0) is 11.6 Å². The van der Waals surface area contributed by atoms with Crippen molar-refractivity contribution in [3.63, 3.8) is 0 Å². The zero-order valence-electron chi connectivity index (χ0n) is 8.32. The molecule has 0 N–H and O–H groups in total. The van der Waals surface area contributed by atoms with Crippen LogP contribution in [0.5, 0.6) is 0 Å². The number of halogens is 2. The Balaban J connectivity index is 1.99. The van der Waals surface area contributed by atoms with E-state index in [4.69, 9.17) is 11.6 Å². The fourth-order valence-electron chi connectivity index (χ4n) is 1.18. The minimum Gasteiger partial charge on any atom is -0.244 e. The molecule has 0 spiro atoms. The van der Waals surface area contributed by atoms with E-state index in [1.165, 1.54) is 4.90 Å². The zero-order valence-corrected chi connectivity index (χ0v) is 12.3. The van der Waals surface area contributed by atoms with Gasteiger partial charge in [0.1, 0.15) is 5.01 Å². The van der Waals surface area contributed by atoms with Crippen LogP contribution in [0.4, 0.5) is 0 Å². The van der Waals surface area contributed by atoms with Crippen molar-refractivity contribution in [2.45, 2.75) is 16.5 Å². The summed E-state index contributed by atoms with van der Waals surface area (Å²) in [5.74, 6) is 1.39. The zero-order chi connectivity index (χ0) is 11.4. The Labute approximate surface area is 116 Å². The second-order valence-electron chi connectivity index (χ2n) is 3.09. The predicted molar refractivity (Wildman–Crippen MR) is 75.4 cm³/mol. The molecule has 16 heavy (non-hydrogen) atoms. The minimum absolute atomic E-state index is 0.496. The van der Waals surface area contributed by atoms with Crippen LogP contribution < -0.4 is 0 Å². The number of rotatable bonds is 4. The van der Waals surface area contributed by atoms with Crippen LogP contribution >= 0.6 is 50.6 Å². The van der Waals surface area contributed by atoms with Gasteiger partial charge in [-0.25, -0.2) is 4.98 Å². The fraction of sp³-hybridized carbons (Fsp3) is 0.182. The molecular formula is C11H9BrClNS2. The van der Waals surface area contributed by atoms with Crippen LogP contribution in [0.2, 0.25) is 0 Å². The molecule has 1 heterocycles. The van der Waals surface area contributed by atoms with Crippen LogP contribution in [0, 0.1) is 0 Å². The smallest absolute Gasteiger partial charge is 0.103 e. The third-order valence-corrected chi connectivity index (χ3v) is 5.32. The summed E-state index contributed by atoms with van der Waals surface area (Å²) in [6, 6.07) is 8.21. The molecule has 0 saturated heterocycles. The van der Waals surface area contributed by atoms with Crippen molar-refractivity contribution in [3.05, 3.63) is 44.8 Å². The molecule has 1 aromatic carbocycles. The van der Waals surface area contributed by atoms with Gasteiger partial charge < -0.3 is 0 Å². The van der Waals surface area contributed by atoms with Crippen molar-refractivity contribution in [1.29, 1.82) is 0 Å². The van der Waals surface area contributed by atoms with Gasteiger partial charge in [-0.15, -0.1) is 34.7 Å². The summed E-state index contributed by atoms with van der Waals surface area (Å²) in [4.78, 5) is 5.66. The van der Waals surface area contributed by atoms with Gasteiger partial charge in [-0.1, -0.05) is 12.1 Å². The van der Waals surface area contributed by atoms with Gasteiger partial charge in [0.25, 0.3) is 0 Å². The fourth-order valence-corrected chi connectivity index (χ4v) is 3.79. The van der Waals surface area contributed by atoms with E-state index in [9.17, 15) is 0 Å². The highest BCUT2D eigenvalue weighted by atomic mass is 79.9. The molecule has 0 atom stereocenters. The SMILES string of the molecule is ClCc1csc(CSc2ccccc2Br)n1. The molecule has 0 unspecified atom stereocenters. The van der Waals surface area contributed by atoms with E-state index in [0.717, 1.165) is 20.9 Å². The molecule has 0 aliphatic rings. The maximum atomic E-state index is 5.71. The molecule has 1 aromatic heterocycles. The largest absolute Gasteiger partial charge is 0.244 e. The summed E-state index contributed by atoms with van der Waals surface area (Å²) >= 11 is 12.7. The molecule has 0 amide bonds.